The first-order valence-corrected chi connectivity index (χ1v) is 11.1. The molecule has 3 aromatic carbocycles. The molecule has 164 valence electrons. The van der Waals surface area contributed by atoms with E-state index in [9.17, 15) is 4.79 Å². The maximum Gasteiger partial charge on any atom is 0.251 e. The molecule has 0 saturated carbocycles. The van der Waals surface area contributed by atoms with Gasteiger partial charge in [0.2, 0.25) is 0 Å². The fourth-order valence-corrected chi connectivity index (χ4v) is 3.90. The maximum atomic E-state index is 12.5. The summed E-state index contributed by atoms with van der Waals surface area (Å²) in [5.41, 5.74) is 4.93. The minimum absolute atomic E-state index is 0.0441. The third-order valence-corrected chi connectivity index (χ3v) is 5.63. The Morgan fingerprint density at radius 2 is 1.66 bits per heavy atom. The van der Waals surface area contributed by atoms with Gasteiger partial charge >= 0.3 is 0 Å². The van der Waals surface area contributed by atoms with E-state index in [0.717, 1.165) is 46.7 Å². The average Bonchev–Trinajstić information content (AvgIpc) is 3.15. The summed E-state index contributed by atoms with van der Waals surface area (Å²) in [6, 6.07) is 23.9. The highest BCUT2D eigenvalue weighted by molar-refractivity contribution is 5.95. The van der Waals surface area contributed by atoms with E-state index in [1.807, 2.05) is 67.6 Å². The van der Waals surface area contributed by atoms with Crippen molar-refractivity contribution in [3.63, 3.8) is 0 Å². The lowest BCUT2D eigenvalue weighted by Gasteiger charge is -2.12. The highest BCUT2D eigenvalue weighted by atomic mass is 16.5. The molecule has 5 nitrogen and oxygen atoms in total. The van der Waals surface area contributed by atoms with Crippen LogP contribution in [0, 0.1) is 13.8 Å². The molecule has 0 aliphatic rings. The number of aromatic nitrogens is 2. The fourth-order valence-electron chi connectivity index (χ4n) is 3.90. The Balaban J connectivity index is 1.39. The second kappa shape index (κ2) is 10.1. The Kier molecular flexibility index (Phi) is 6.85. The molecule has 0 bridgehead atoms. The van der Waals surface area contributed by atoms with Crippen LogP contribution in [0.15, 0.2) is 72.8 Å². The van der Waals surface area contributed by atoms with Gasteiger partial charge in [0.05, 0.1) is 17.6 Å². The van der Waals surface area contributed by atoms with Crippen LogP contribution >= 0.6 is 0 Å². The number of imidazole rings is 1. The highest BCUT2D eigenvalue weighted by Crippen LogP contribution is 2.19. The number of rotatable bonds is 9. The van der Waals surface area contributed by atoms with Gasteiger partial charge in [-0.05, 0) is 55.7 Å². The zero-order valence-electron chi connectivity index (χ0n) is 18.7. The molecule has 32 heavy (non-hydrogen) atoms. The number of hydrogen-bond donors (Lipinski definition) is 1. The smallest absolute Gasteiger partial charge is 0.251 e. The van der Waals surface area contributed by atoms with Crippen LogP contribution in [0.2, 0.25) is 0 Å². The lowest BCUT2D eigenvalue weighted by molar-refractivity contribution is 0.0953. The molecule has 0 radical (unpaired) electrons. The molecule has 0 saturated heterocycles. The molecule has 5 heteroatoms. The Morgan fingerprint density at radius 3 is 2.47 bits per heavy atom. The Bertz CT molecular complexity index is 1210. The number of benzene rings is 3. The van der Waals surface area contributed by atoms with Crippen molar-refractivity contribution in [1.29, 1.82) is 0 Å². The first-order valence-electron chi connectivity index (χ1n) is 11.1. The van der Waals surface area contributed by atoms with Crippen LogP contribution in [0.4, 0.5) is 0 Å². The van der Waals surface area contributed by atoms with E-state index in [4.69, 9.17) is 9.72 Å². The van der Waals surface area contributed by atoms with Gasteiger partial charge in [-0.15, -0.1) is 0 Å². The fraction of sp³-hybridized carbons (Fsp3) is 0.259. The van der Waals surface area contributed by atoms with Crippen molar-refractivity contribution >= 4 is 16.9 Å². The standard InChI is InChI=1S/C27H29N3O2/c1-20-10-3-5-12-22(20)27(31)28-17-16-26-29-23-13-6-7-14-24(23)30(26)18-9-19-32-25-15-8-4-11-21(25)2/h3-8,10-15H,9,16-19H2,1-2H3,(H,28,31). The normalized spacial score (nSPS) is 10.9. The predicted molar refractivity (Wildman–Crippen MR) is 128 cm³/mol. The van der Waals surface area contributed by atoms with Crippen LogP contribution in [0.1, 0.15) is 33.7 Å². The van der Waals surface area contributed by atoms with Crippen molar-refractivity contribution in [2.24, 2.45) is 0 Å². The summed E-state index contributed by atoms with van der Waals surface area (Å²) in [5.74, 6) is 1.87. The number of amides is 1. The molecule has 1 amide bonds. The zero-order chi connectivity index (χ0) is 22.3. The Morgan fingerprint density at radius 1 is 0.938 bits per heavy atom. The molecule has 0 unspecified atom stereocenters. The van der Waals surface area contributed by atoms with E-state index in [0.29, 0.717) is 25.1 Å². The van der Waals surface area contributed by atoms with Gasteiger partial charge in [0, 0.05) is 25.1 Å². The third-order valence-electron chi connectivity index (χ3n) is 5.63. The van der Waals surface area contributed by atoms with Gasteiger partial charge in [-0.2, -0.15) is 0 Å². The summed E-state index contributed by atoms with van der Waals surface area (Å²) < 4.78 is 8.22. The zero-order valence-corrected chi connectivity index (χ0v) is 18.7. The molecule has 4 rings (SSSR count). The van der Waals surface area contributed by atoms with Crippen LogP contribution in [-0.4, -0.2) is 28.6 Å². The summed E-state index contributed by atoms with van der Waals surface area (Å²) in [4.78, 5) is 17.4. The van der Waals surface area contributed by atoms with Crippen molar-refractivity contribution in [3.8, 4) is 5.75 Å². The van der Waals surface area contributed by atoms with Crippen LogP contribution in [-0.2, 0) is 13.0 Å². The van der Waals surface area contributed by atoms with Crippen molar-refractivity contribution < 1.29 is 9.53 Å². The molecule has 1 heterocycles. The molecule has 0 aliphatic heterocycles. The topological polar surface area (TPSA) is 56.1 Å². The average molecular weight is 428 g/mol. The number of fused-ring (bicyclic) bond motifs is 1. The molecule has 4 aromatic rings. The number of nitrogens with zero attached hydrogens (tertiary/aromatic N) is 2. The SMILES string of the molecule is Cc1ccccc1OCCCn1c(CCNC(=O)c2ccccc2C)nc2ccccc21. The molecule has 0 atom stereocenters. The molecule has 0 spiro atoms. The van der Waals surface area contributed by atoms with Crippen LogP contribution in [0.3, 0.4) is 0 Å². The lowest BCUT2D eigenvalue weighted by atomic mass is 10.1. The van der Waals surface area contributed by atoms with Gasteiger partial charge in [-0.3, -0.25) is 4.79 Å². The largest absolute Gasteiger partial charge is 0.493 e. The number of hydrogen-bond acceptors (Lipinski definition) is 3. The number of ether oxygens (including phenoxy) is 1. The van der Waals surface area contributed by atoms with E-state index in [-0.39, 0.29) is 5.91 Å². The van der Waals surface area contributed by atoms with Gasteiger partial charge in [0.25, 0.3) is 5.91 Å². The lowest BCUT2D eigenvalue weighted by Crippen LogP contribution is -2.27. The maximum absolute atomic E-state index is 12.5. The molecular formula is C27H29N3O2. The molecular weight excluding hydrogens is 398 g/mol. The second-order valence-corrected chi connectivity index (χ2v) is 7.96. The molecule has 1 N–H and O–H groups in total. The molecule has 0 fully saturated rings. The number of nitrogens with one attached hydrogen (secondary N) is 1. The Hall–Kier alpha value is -3.60. The minimum Gasteiger partial charge on any atom is -0.493 e. The monoisotopic (exact) mass is 427 g/mol. The number of aryl methyl sites for hydroxylation is 3. The van der Waals surface area contributed by atoms with Crippen LogP contribution in [0.25, 0.3) is 11.0 Å². The van der Waals surface area contributed by atoms with E-state index >= 15 is 0 Å². The van der Waals surface area contributed by atoms with E-state index in [2.05, 4.69) is 28.9 Å². The van der Waals surface area contributed by atoms with E-state index in [1.165, 1.54) is 0 Å². The predicted octanol–water partition coefficient (Wildman–Crippen LogP) is 5.09. The first-order chi connectivity index (χ1) is 15.6. The van der Waals surface area contributed by atoms with Gasteiger partial charge in [0.1, 0.15) is 11.6 Å². The minimum atomic E-state index is -0.0441. The summed E-state index contributed by atoms with van der Waals surface area (Å²) in [6.07, 6.45) is 1.54. The van der Waals surface area contributed by atoms with Crippen LogP contribution < -0.4 is 10.1 Å². The molecule has 1 aromatic heterocycles. The number of carbonyl (C=O) groups excluding carboxylic acids is 1. The summed E-state index contributed by atoms with van der Waals surface area (Å²) >= 11 is 0. The van der Waals surface area contributed by atoms with Crippen molar-refractivity contribution in [1.82, 2.24) is 14.9 Å². The highest BCUT2D eigenvalue weighted by Gasteiger charge is 2.12. The summed E-state index contributed by atoms with van der Waals surface area (Å²) in [5, 5.41) is 3.04. The van der Waals surface area contributed by atoms with E-state index in [1.54, 1.807) is 0 Å². The second-order valence-electron chi connectivity index (χ2n) is 7.96. The van der Waals surface area contributed by atoms with Gasteiger partial charge in [-0.1, -0.05) is 48.5 Å². The van der Waals surface area contributed by atoms with Gasteiger partial charge in [-0.25, -0.2) is 4.98 Å². The third kappa shape index (κ3) is 4.99. The Labute approximate surface area is 189 Å². The number of carbonyl (C=O) groups is 1. The van der Waals surface area contributed by atoms with Gasteiger partial charge < -0.3 is 14.6 Å². The quantitative estimate of drug-likeness (QED) is 0.378. The van der Waals surface area contributed by atoms with Crippen molar-refractivity contribution in [2.75, 3.05) is 13.2 Å². The number of para-hydroxylation sites is 3. The van der Waals surface area contributed by atoms with Crippen LogP contribution in [0.5, 0.6) is 5.75 Å². The van der Waals surface area contributed by atoms with Crippen molar-refractivity contribution in [2.45, 2.75) is 33.2 Å². The summed E-state index contributed by atoms with van der Waals surface area (Å²) in [7, 11) is 0. The van der Waals surface area contributed by atoms with Gasteiger partial charge in [0.15, 0.2) is 0 Å². The van der Waals surface area contributed by atoms with Crippen molar-refractivity contribution in [3.05, 3.63) is 95.3 Å². The van der Waals surface area contributed by atoms with E-state index < -0.39 is 0 Å². The molecule has 0 aliphatic carbocycles. The summed E-state index contributed by atoms with van der Waals surface area (Å²) in [6.45, 7) is 6.00. The first kappa shape index (κ1) is 21.6.